The molecule has 1 aromatic heterocycles. The first-order valence-corrected chi connectivity index (χ1v) is 10.8. The number of pyridine rings is 1. The van der Waals surface area contributed by atoms with Crippen molar-refractivity contribution < 1.29 is 4.79 Å². The van der Waals surface area contributed by atoms with Crippen LogP contribution in [0.2, 0.25) is 10.0 Å². The first kappa shape index (κ1) is 21.6. The second-order valence-electron chi connectivity index (χ2n) is 7.43. The zero-order valence-corrected chi connectivity index (χ0v) is 18.8. The van der Waals surface area contributed by atoms with Crippen LogP contribution >= 0.6 is 23.2 Å². The molecule has 3 rings (SSSR count). The van der Waals surface area contributed by atoms with Gasteiger partial charge in [-0.05, 0) is 51.0 Å². The summed E-state index contributed by atoms with van der Waals surface area (Å²) < 4.78 is 0. The summed E-state index contributed by atoms with van der Waals surface area (Å²) in [4.78, 5) is 20.5. The lowest BCUT2D eigenvalue weighted by Gasteiger charge is -2.34. The van der Waals surface area contributed by atoms with Crippen LogP contribution in [-0.2, 0) is 0 Å². The number of hydrogen-bond donors (Lipinski definition) is 0. The maximum absolute atomic E-state index is 13.7. The van der Waals surface area contributed by atoms with Gasteiger partial charge in [0.15, 0.2) is 0 Å². The Morgan fingerprint density at radius 1 is 0.966 bits per heavy atom. The van der Waals surface area contributed by atoms with Crippen molar-refractivity contribution in [2.24, 2.45) is 0 Å². The molecule has 0 radical (unpaired) electrons. The molecule has 2 aromatic carbocycles. The maximum Gasteiger partial charge on any atom is 0.255 e. The topological polar surface area (TPSA) is 33.2 Å². The van der Waals surface area contributed by atoms with Gasteiger partial charge < -0.3 is 4.90 Å². The fourth-order valence-electron chi connectivity index (χ4n) is 3.52. The summed E-state index contributed by atoms with van der Waals surface area (Å²) in [6.07, 6.45) is 1.80. The van der Waals surface area contributed by atoms with Gasteiger partial charge in [0.05, 0.1) is 26.8 Å². The number of hydrogen-bond acceptors (Lipinski definition) is 2. The van der Waals surface area contributed by atoms with Crippen LogP contribution in [0.4, 0.5) is 0 Å². The van der Waals surface area contributed by atoms with Gasteiger partial charge in [-0.1, -0.05) is 61.3 Å². The average Bonchev–Trinajstić information content (AvgIpc) is 2.74. The summed E-state index contributed by atoms with van der Waals surface area (Å²) in [7, 11) is 0. The van der Waals surface area contributed by atoms with Crippen molar-refractivity contribution in [1.82, 2.24) is 9.88 Å². The van der Waals surface area contributed by atoms with Crippen molar-refractivity contribution in [2.45, 2.75) is 52.6 Å². The molecule has 1 amide bonds. The van der Waals surface area contributed by atoms with Crippen molar-refractivity contribution >= 4 is 40.0 Å². The van der Waals surface area contributed by atoms with Crippen LogP contribution in [0, 0.1) is 0 Å². The largest absolute Gasteiger partial charge is 0.333 e. The molecular formula is C24H26Cl2N2O. The molecule has 2 unspecified atom stereocenters. The minimum Gasteiger partial charge on any atom is -0.333 e. The molecule has 0 N–H and O–H groups in total. The second kappa shape index (κ2) is 9.15. The monoisotopic (exact) mass is 428 g/mol. The maximum atomic E-state index is 13.7. The van der Waals surface area contributed by atoms with E-state index in [1.165, 1.54) is 0 Å². The van der Waals surface area contributed by atoms with E-state index >= 15 is 0 Å². The van der Waals surface area contributed by atoms with Crippen LogP contribution in [0.5, 0.6) is 0 Å². The molecule has 0 aliphatic heterocycles. The number of nitrogens with zero attached hydrogens (tertiary/aromatic N) is 2. The third-order valence-electron chi connectivity index (χ3n) is 5.53. The smallest absolute Gasteiger partial charge is 0.255 e. The van der Waals surface area contributed by atoms with Crippen molar-refractivity contribution in [3.05, 3.63) is 64.1 Å². The zero-order chi connectivity index (χ0) is 21.1. The van der Waals surface area contributed by atoms with Crippen molar-refractivity contribution in [1.29, 1.82) is 0 Å². The highest BCUT2D eigenvalue weighted by atomic mass is 35.5. The van der Waals surface area contributed by atoms with Gasteiger partial charge in [-0.25, -0.2) is 4.98 Å². The van der Waals surface area contributed by atoms with E-state index in [1.807, 2.05) is 41.3 Å². The molecule has 0 fully saturated rings. The van der Waals surface area contributed by atoms with Crippen LogP contribution in [0.25, 0.3) is 22.2 Å². The first-order chi connectivity index (χ1) is 13.9. The summed E-state index contributed by atoms with van der Waals surface area (Å²) in [6, 6.07) is 15.4. The van der Waals surface area contributed by atoms with Gasteiger partial charge in [0.25, 0.3) is 5.91 Å². The number of benzene rings is 2. The van der Waals surface area contributed by atoms with Crippen LogP contribution in [0.3, 0.4) is 0 Å². The quantitative estimate of drug-likeness (QED) is 0.414. The van der Waals surface area contributed by atoms with Gasteiger partial charge in [0.2, 0.25) is 0 Å². The molecule has 3 aromatic rings. The van der Waals surface area contributed by atoms with E-state index in [-0.39, 0.29) is 18.0 Å². The lowest BCUT2D eigenvalue weighted by atomic mass is 10.0. The molecule has 1 heterocycles. The number of carbonyl (C=O) groups is 1. The van der Waals surface area contributed by atoms with Crippen LogP contribution in [-0.4, -0.2) is 27.9 Å². The highest BCUT2D eigenvalue weighted by Gasteiger charge is 2.26. The van der Waals surface area contributed by atoms with Crippen molar-refractivity contribution in [2.75, 3.05) is 0 Å². The zero-order valence-electron chi connectivity index (χ0n) is 17.2. The van der Waals surface area contributed by atoms with Gasteiger partial charge in [-0.15, -0.1) is 0 Å². The van der Waals surface area contributed by atoms with E-state index in [0.717, 1.165) is 29.3 Å². The van der Waals surface area contributed by atoms with Gasteiger partial charge in [0, 0.05) is 23.0 Å². The molecule has 2 atom stereocenters. The Labute approximate surface area is 182 Å². The lowest BCUT2D eigenvalue weighted by Crippen LogP contribution is -2.44. The molecule has 5 heteroatoms. The van der Waals surface area contributed by atoms with Crippen LogP contribution < -0.4 is 0 Å². The fourth-order valence-corrected chi connectivity index (χ4v) is 3.82. The van der Waals surface area contributed by atoms with E-state index in [1.54, 1.807) is 12.1 Å². The molecule has 29 heavy (non-hydrogen) atoms. The summed E-state index contributed by atoms with van der Waals surface area (Å²) in [5.74, 6) is 0.0358. The fraction of sp³-hybridized carbons (Fsp3) is 0.333. The van der Waals surface area contributed by atoms with Crippen LogP contribution in [0.1, 0.15) is 50.9 Å². The minimum absolute atomic E-state index is 0.0358. The Morgan fingerprint density at radius 2 is 1.62 bits per heavy atom. The molecule has 3 nitrogen and oxygen atoms in total. The molecule has 0 aliphatic rings. The van der Waals surface area contributed by atoms with E-state index in [9.17, 15) is 4.79 Å². The average molecular weight is 429 g/mol. The number of amides is 1. The third-order valence-corrected chi connectivity index (χ3v) is 6.27. The Balaban J connectivity index is 2.20. The Kier molecular flexibility index (Phi) is 6.81. The first-order valence-electron chi connectivity index (χ1n) is 10.0. The van der Waals surface area contributed by atoms with Gasteiger partial charge in [-0.3, -0.25) is 4.79 Å². The van der Waals surface area contributed by atoms with E-state index < -0.39 is 0 Å². The Bertz CT molecular complexity index is 1020. The molecule has 0 aliphatic carbocycles. The SMILES string of the molecule is CCC(C)N(C(=O)c1cc(-c2ccc(Cl)c(Cl)c2)nc2ccccc12)C(C)CC. The van der Waals surface area contributed by atoms with Gasteiger partial charge in [-0.2, -0.15) is 0 Å². The number of fused-ring (bicyclic) bond motifs is 1. The van der Waals surface area contributed by atoms with E-state index in [0.29, 0.717) is 21.3 Å². The van der Waals surface area contributed by atoms with Gasteiger partial charge in [0.1, 0.15) is 0 Å². The standard InChI is InChI=1S/C24H26Cl2N2O/c1-5-15(3)28(16(4)6-2)24(29)19-14-23(17-11-12-20(25)21(26)13-17)27-22-10-8-7-9-18(19)22/h7-16H,5-6H2,1-4H3. The second-order valence-corrected chi connectivity index (χ2v) is 8.24. The summed E-state index contributed by atoms with van der Waals surface area (Å²) in [5.41, 5.74) is 2.99. The Morgan fingerprint density at radius 3 is 2.24 bits per heavy atom. The number of para-hydroxylation sites is 1. The Hall–Kier alpha value is -2.10. The number of rotatable bonds is 6. The van der Waals surface area contributed by atoms with Crippen molar-refractivity contribution in [3.63, 3.8) is 0 Å². The third kappa shape index (κ3) is 4.41. The van der Waals surface area contributed by atoms with Crippen LogP contribution in [0.15, 0.2) is 48.5 Å². The number of halogens is 2. The molecule has 0 bridgehead atoms. The highest BCUT2D eigenvalue weighted by Crippen LogP contribution is 2.31. The minimum atomic E-state index is 0.0358. The van der Waals surface area contributed by atoms with Gasteiger partial charge >= 0.3 is 0 Å². The molecule has 0 spiro atoms. The van der Waals surface area contributed by atoms with E-state index in [4.69, 9.17) is 28.2 Å². The molecule has 152 valence electrons. The van der Waals surface area contributed by atoms with E-state index in [2.05, 4.69) is 27.7 Å². The summed E-state index contributed by atoms with van der Waals surface area (Å²) in [6.45, 7) is 8.43. The van der Waals surface area contributed by atoms with Crippen molar-refractivity contribution in [3.8, 4) is 11.3 Å². The normalized spacial score (nSPS) is 13.3. The molecular weight excluding hydrogens is 403 g/mol. The molecule has 0 saturated carbocycles. The summed E-state index contributed by atoms with van der Waals surface area (Å²) in [5, 5.41) is 1.82. The number of carbonyl (C=O) groups excluding carboxylic acids is 1. The predicted octanol–water partition coefficient (Wildman–Crippen LogP) is 7.25. The number of aromatic nitrogens is 1. The predicted molar refractivity (Wildman–Crippen MR) is 123 cm³/mol. The summed E-state index contributed by atoms with van der Waals surface area (Å²) >= 11 is 12.3. The molecule has 0 saturated heterocycles. The highest BCUT2D eigenvalue weighted by molar-refractivity contribution is 6.42. The lowest BCUT2D eigenvalue weighted by molar-refractivity contribution is 0.0600.